The van der Waals surface area contributed by atoms with Crippen LogP contribution >= 0.6 is 11.3 Å². The summed E-state index contributed by atoms with van der Waals surface area (Å²) in [6.07, 6.45) is 1.75. The van der Waals surface area contributed by atoms with E-state index in [-0.39, 0.29) is 5.09 Å². The van der Waals surface area contributed by atoms with Gasteiger partial charge in [0.25, 0.3) is 10.0 Å². The number of nitrogens with one attached hydrogen (secondary N) is 1. The van der Waals surface area contributed by atoms with Crippen LogP contribution in [0.3, 0.4) is 0 Å². The molecule has 2 rings (SSSR count). The van der Waals surface area contributed by atoms with E-state index < -0.39 is 10.0 Å². The number of sulfonamides is 1. The maximum absolute atomic E-state index is 11.8. The Kier molecular flexibility index (Phi) is 4.35. The molecular formula is C11H15N3O3S2. The van der Waals surface area contributed by atoms with Crippen LogP contribution in [0.15, 0.2) is 33.2 Å². The van der Waals surface area contributed by atoms with Crippen molar-refractivity contribution in [2.75, 3.05) is 14.1 Å². The highest BCUT2D eigenvalue weighted by atomic mass is 32.2. The summed E-state index contributed by atoms with van der Waals surface area (Å²) in [5, 5.41) is 5.99. The van der Waals surface area contributed by atoms with E-state index in [1.807, 2.05) is 5.38 Å². The Balaban J connectivity index is 1.94. The maximum atomic E-state index is 11.8. The van der Waals surface area contributed by atoms with Crippen molar-refractivity contribution in [3.05, 3.63) is 34.5 Å². The largest absolute Gasteiger partial charge is 0.447 e. The second kappa shape index (κ2) is 5.83. The van der Waals surface area contributed by atoms with Crippen molar-refractivity contribution in [1.29, 1.82) is 0 Å². The van der Waals surface area contributed by atoms with Gasteiger partial charge in [-0.1, -0.05) is 0 Å². The third-order valence-corrected chi connectivity index (χ3v) is 4.90. The molecule has 6 nitrogen and oxygen atoms in total. The summed E-state index contributed by atoms with van der Waals surface area (Å²) in [5.74, 6) is 0.581. The number of nitrogens with zero attached hydrogens (tertiary/aromatic N) is 2. The zero-order valence-electron chi connectivity index (χ0n) is 10.7. The SMILES string of the molecule is CN(C)S(=O)(=O)c1ccc(CNCc2nccs2)o1. The van der Waals surface area contributed by atoms with E-state index in [0.717, 1.165) is 9.31 Å². The second-order valence-electron chi connectivity index (χ2n) is 4.04. The molecule has 2 aromatic heterocycles. The average Bonchev–Trinajstić information content (AvgIpc) is 2.99. The molecule has 0 spiro atoms. The fraction of sp³-hybridized carbons (Fsp3) is 0.364. The van der Waals surface area contributed by atoms with Crippen molar-refractivity contribution in [3.63, 3.8) is 0 Å². The monoisotopic (exact) mass is 301 g/mol. The molecule has 0 aliphatic rings. The molecule has 0 fully saturated rings. The van der Waals surface area contributed by atoms with Crippen LogP contribution in [0.1, 0.15) is 10.8 Å². The van der Waals surface area contributed by atoms with Crippen LogP contribution in [0, 0.1) is 0 Å². The molecule has 1 N–H and O–H groups in total. The molecule has 0 saturated heterocycles. The number of furan rings is 1. The lowest BCUT2D eigenvalue weighted by Crippen LogP contribution is -2.21. The maximum Gasteiger partial charge on any atom is 0.275 e. The van der Waals surface area contributed by atoms with Crippen molar-refractivity contribution in [2.45, 2.75) is 18.2 Å². The van der Waals surface area contributed by atoms with Crippen LogP contribution < -0.4 is 5.32 Å². The van der Waals surface area contributed by atoms with Gasteiger partial charge in [0.2, 0.25) is 5.09 Å². The van der Waals surface area contributed by atoms with Gasteiger partial charge in [0.05, 0.1) is 6.54 Å². The summed E-state index contributed by atoms with van der Waals surface area (Å²) >= 11 is 1.56. The molecule has 0 aliphatic carbocycles. The predicted octanol–water partition coefficient (Wildman–Crippen LogP) is 1.28. The van der Waals surface area contributed by atoms with Crippen molar-refractivity contribution >= 4 is 21.4 Å². The summed E-state index contributed by atoms with van der Waals surface area (Å²) < 4.78 is 30.1. The van der Waals surface area contributed by atoms with Gasteiger partial charge >= 0.3 is 0 Å². The molecule has 0 unspecified atom stereocenters. The van der Waals surface area contributed by atoms with Gasteiger partial charge in [-0.25, -0.2) is 17.7 Å². The number of thiazole rings is 1. The van der Waals surface area contributed by atoms with E-state index in [4.69, 9.17) is 4.42 Å². The van der Waals surface area contributed by atoms with Gasteiger partial charge in [-0.2, -0.15) is 0 Å². The molecule has 0 bridgehead atoms. The molecular weight excluding hydrogens is 286 g/mol. The normalized spacial score (nSPS) is 12.2. The van der Waals surface area contributed by atoms with Crippen LogP contribution in [-0.4, -0.2) is 31.8 Å². The van der Waals surface area contributed by atoms with Gasteiger partial charge in [-0.05, 0) is 12.1 Å². The van der Waals surface area contributed by atoms with E-state index in [9.17, 15) is 8.42 Å². The molecule has 2 heterocycles. The first-order valence-electron chi connectivity index (χ1n) is 5.60. The van der Waals surface area contributed by atoms with Gasteiger partial charge in [-0.15, -0.1) is 11.3 Å². The van der Waals surface area contributed by atoms with Gasteiger partial charge < -0.3 is 9.73 Å². The highest BCUT2D eigenvalue weighted by Gasteiger charge is 2.21. The fourth-order valence-electron chi connectivity index (χ4n) is 1.40. The van der Waals surface area contributed by atoms with E-state index in [1.54, 1.807) is 23.6 Å². The summed E-state index contributed by atoms with van der Waals surface area (Å²) in [4.78, 5) is 4.14. The Morgan fingerprint density at radius 2 is 2.16 bits per heavy atom. The molecule has 8 heteroatoms. The lowest BCUT2D eigenvalue weighted by atomic mass is 10.4. The molecule has 0 saturated carbocycles. The average molecular weight is 301 g/mol. The molecule has 0 aromatic carbocycles. The molecule has 0 aliphatic heterocycles. The minimum atomic E-state index is -3.50. The Bertz CT molecular complexity index is 617. The molecule has 2 aromatic rings. The summed E-state index contributed by atoms with van der Waals surface area (Å²) in [6, 6.07) is 3.13. The smallest absolute Gasteiger partial charge is 0.275 e. The van der Waals surface area contributed by atoms with Crippen molar-refractivity contribution < 1.29 is 12.8 Å². The minimum absolute atomic E-state index is 0.0384. The van der Waals surface area contributed by atoms with Crippen LogP contribution in [0.25, 0.3) is 0 Å². The first-order valence-corrected chi connectivity index (χ1v) is 7.92. The van der Waals surface area contributed by atoms with Crippen molar-refractivity contribution in [2.24, 2.45) is 0 Å². The van der Waals surface area contributed by atoms with Crippen LogP contribution in [0.5, 0.6) is 0 Å². The van der Waals surface area contributed by atoms with Crippen LogP contribution in [-0.2, 0) is 23.1 Å². The highest BCUT2D eigenvalue weighted by Crippen LogP contribution is 2.16. The third kappa shape index (κ3) is 3.41. The summed E-state index contributed by atoms with van der Waals surface area (Å²) in [7, 11) is -0.555. The Morgan fingerprint density at radius 3 is 2.79 bits per heavy atom. The Hall–Kier alpha value is -1.22. The molecule has 104 valence electrons. The number of aromatic nitrogens is 1. The molecule has 0 atom stereocenters. The first kappa shape index (κ1) is 14.2. The van der Waals surface area contributed by atoms with Gasteiger partial charge in [-0.3, -0.25) is 0 Å². The van der Waals surface area contributed by atoms with Crippen molar-refractivity contribution in [1.82, 2.24) is 14.6 Å². The zero-order valence-corrected chi connectivity index (χ0v) is 12.3. The summed E-state index contributed by atoms with van der Waals surface area (Å²) in [5.41, 5.74) is 0. The van der Waals surface area contributed by atoms with Gasteiger partial charge in [0.15, 0.2) is 0 Å². The van der Waals surface area contributed by atoms with E-state index >= 15 is 0 Å². The van der Waals surface area contributed by atoms with Gasteiger partial charge in [0.1, 0.15) is 10.8 Å². The van der Waals surface area contributed by atoms with E-state index in [1.165, 1.54) is 20.2 Å². The number of rotatable bonds is 6. The topological polar surface area (TPSA) is 75.4 Å². The van der Waals surface area contributed by atoms with Gasteiger partial charge in [0, 0.05) is 32.2 Å². The molecule has 0 radical (unpaired) electrons. The van der Waals surface area contributed by atoms with E-state index in [0.29, 0.717) is 18.8 Å². The number of hydrogen-bond acceptors (Lipinski definition) is 6. The minimum Gasteiger partial charge on any atom is -0.447 e. The third-order valence-electron chi connectivity index (χ3n) is 2.43. The predicted molar refractivity (Wildman–Crippen MR) is 72.2 cm³/mol. The van der Waals surface area contributed by atoms with Crippen LogP contribution in [0.2, 0.25) is 0 Å². The first-order chi connectivity index (χ1) is 9.00. The van der Waals surface area contributed by atoms with E-state index in [2.05, 4.69) is 10.3 Å². The second-order valence-corrected chi connectivity index (χ2v) is 7.10. The Labute approximate surface area is 116 Å². The standard InChI is InChI=1S/C11H15N3O3S2/c1-14(2)19(15,16)11-4-3-9(17-11)7-12-8-10-13-5-6-18-10/h3-6,12H,7-8H2,1-2H3. The Morgan fingerprint density at radius 1 is 1.37 bits per heavy atom. The lowest BCUT2D eigenvalue weighted by molar-refractivity contribution is 0.389. The number of hydrogen-bond donors (Lipinski definition) is 1. The lowest BCUT2D eigenvalue weighted by Gasteiger charge is -2.07. The molecule has 19 heavy (non-hydrogen) atoms. The quantitative estimate of drug-likeness (QED) is 0.870. The highest BCUT2D eigenvalue weighted by molar-refractivity contribution is 7.88. The van der Waals surface area contributed by atoms with Crippen LogP contribution in [0.4, 0.5) is 0 Å². The zero-order chi connectivity index (χ0) is 13.9. The summed E-state index contributed by atoms with van der Waals surface area (Å²) in [6.45, 7) is 1.09. The fourth-order valence-corrected chi connectivity index (χ4v) is 2.80. The molecule has 0 amide bonds. The van der Waals surface area contributed by atoms with Crippen molar-refractivity contribution in [3.8, 4) is 0 Å².